The minimum Gasteiger partial charge on any atom is -0.468 e. The van der Waals surface area contributed by atoms with Crippen molar-refractivity contribution in [2.24, 2.45) is 5.92 Å². The molecule has 1 aliphatic rings. The Morgan fingerprint density at radius 2 is 1.91 bits per heavy atom. The predicted octanol–water partition coefficient (Wildman–Crippen LogP) is 3.12. The van der Waals surface area contributed by atoms with Gasteiger partial charge in [-0.15, -0.1) is 0 Å². The SMILES string of the molecule is CN(C)[C@@H](CNC(=O)C1CCN(S(=O)(=O)c2cccc(C(F)(F)F)c2)CC1)c1ccco1. The fourth-order valence-electron chi connectivity index (χ4n) is 3.70. The molecule has 1 fully saturated rings. The second kappa shape index (κ2) is 9.63. The molecule has 11 heteroatoms. The van der Waals surface area contributed by atoms with Crippen molar-refractivity contribution < 1.29 is 30.8 Å². The zero-order valence-corrected chi connectivity index (χ0v) is 18.6. The Morgan fingerprint density at radius 1 is 1.22 bits per heavy atom. The number of sulfonamides is 1. The van der Waals surface area contributed by atoms with Gasteiger partial charge in [0.2, 0.25) is 15.9 Å². The first-order valence-electron chi connectivity index (χ1n) is 10.1. The number of nitrogens with zero attached hydrogens (tertiary/aromatic N) is 2. The summed E-state index contributed by atoms with van der Waals surface area (Å²) in [7, 11) is -0.335. The molecule has 0 unspecified atom stereocenters. The maximum atomic E-state index is 12.9. The Kier molecular flexibility index (Phi) is 7.31. The van der Waals surface area contributed by atoms with Gasteiger partial charge in [-0.25, -0.2) is 8.42 Å². The number of hydrogen-bond donors (Lipinski definition) is 1. The number of likely N-dealkylation sites (N-methyl/N-ethyl adjacent to an activating group) is 1. The van der Waals surface area contributed by atoms with Crippen molar-refractivity contribution in [1.29, 1.82) is 0 Å². The molecular formula is C21H26F3N3O4S. The fraction of sp³-hybridized carbons (Fsp3) is 0.476. The van der Waals surface area contributed by atoms with Gasteiger partial charge in [-0.1, -0.05) is 6.07 Å². The molecule has 0 spiro atoms. The number of amides is 1. The number of halogens is 3. The molecule has 1 atom stereocenters. The van der Waals surface area contributed by atoms with Crippen molar-refractivity contribution >= 4 is 15.9 Å². The molecule has 0 bridgehead atoms. The number of carbonyl (C=O) groups is 1. The normalized spacial score (nSPS) is 17.4. The summed E-state index contributed by atoms with van der Waals surface area (Å²) in [6.07, 6.45) is -2.49. The van der Waals surface area contributed by atoms with Crippen LogP contribution in [0.4, 0.5) is 13.2 Å². The average molecular weight is 474 g/mol. The first-order chi connectivity index (χ1) is 15.0. The molecule has 0 aliphatic carbocycles. The van der Waals surface area contributed by atoms with Gasteiger partial charge in [-0.2, -0.15) is 17.5 Å². The third-order valence-electron chi connectivity index (χ3n) is 5.59. The molecule has 0 saturated carbocycles. The number of rotatable bonds is 7. The third kappa shape index (κ3) is 5.51. The Hall–Kier alpha value is -2.37. The van der Waals surface area contributed by atoms with Crippen molar-refractivity contribution in [2.75, 3.05) is 33.7 Å². The lowest BCUT2D eigenvalue weighted by atomic mass is 9.97. The molecule has 0 radical (unpaired) electrons. The number of carbonyl (C=O) groups excluding carboxylic acids is 1. The Morgan fingerprint density at radius 3 is 2.47 bits per heavy atom. The quantitative estimate of drug-likeness (QED) is 0.668. The average Bonchev–Trinajstić information content (AvgIpc) is 3.27. The molecule has 32 heavy (non-hydrogen) atoms. The van der Waals surface area contributed by atoms with Crippen LogP contribution in [0.1, 0.15) is 30.2 Å². The van der Waals surface area contributed by atoms with Crippen molar-refractivity contribution in [2.45, 2.75) is 30.0 Å². The molecular weight excluding hydrogens is 447 g/mol. The van der Waals surface area contributed by atoms with Gasteiger partial charge in [0.15, 0.2) is 0 Å². The highest BCUT2D eigenvalue weighted by molar-refractivity contribution is 7.89. The minimum atomic E-state index is -4.63. The molecule has 1 aliphatic heterocycles. The predicted molar refractivity (Wildman–Crippen MR) is 111 cm³/mol. The van der Waals surface area contributed by atoms with E-state index in [1.807, 2.05) is 25.1 Å². The van der Waals surface area contributed by atoms with E-state index in [2.05, 4.69) is 5.32 Å². The molecule has 1 aromatic heterocycles. The van der Waals surface area contributed by atoms with Gasteiger partial charge in [0.25, 0.3) is 0 Å². The summed E-state index contributed by atoms with van der Waals surface area (Å²) in [5, 5.41) is 2.90. The van der Waals surface area contributed by atoms with Crippen LogP contribution in [0.25, 0.3) is 0 Å². The Balaban J connectivity index is 1.59. The summed E-state index contributed by atoms with van der Waals surface area (Å²) in [6, 6.07) is 7.16. The van der Waals surface area contributed by atoms with Gasteiger partial charge in [0, 0.05) is 25.6 Å². The molecule has 3 rings (SSSR count). The second-order valence-corrected chi connectivity index (χ2v) is 9.88. The highest BCUT2D eigenvalue weighted by Gasteiger charge is 2.35. The fourth-order valence-corrected chi connectivity index (χ4v) is 5.22. The van der Waals surface area contributed by atoms with E-state index in [-0.39, 0.29) is 43.8 Å². The first kappa shape index (κ1) is 24.3. The molecule has 176 valence electrons. The van der Waals surface area contributed by atoms with Gasteiger partial charge in [-0.05, 0) is 57.3 Å². The lowest BCUT2D eigenvalue weighted by Gasteiger charge is -2.31. The van der Waals surface area contributed by atoms with Crippen LogP contribution in [0.5, 0.6) is 0 Å². The first-order valence-corrected chi connectivity index (χ1v) is 11.6. The van der Waals surface area contributed by atoms with E-state index in [0.29, 0.717) is 12.6 Å². The van der Waals surface area contributed by atoms with Crippen LogP contribution >= 0.6 is 0 Å². The Labute approximate surface area is 185 Å². The summed E-state index contributed by atoms with van der Waals surface area (Å²) in [6.45, 7) is 0.458. The number of piperidine rings is 1. The van der Waals surface area contributed by atoms with Crippen LogP contribution in [0.15, 0.2) is 52.0 Å². The smallest absolute Gasteiger partial charge is 0.416 e. The monoisotopic (exact) mass is 473 g/mol. The molecule has 1 saturated heterocycles. The number of nitrogens with one attached hydrogen (secondary N) is 1. The van der Waals surface area contributed by atoms with Crippen LogP contribution in [-0.4, -0.2) is 57.3 Å². The van der Waals surface area contributed by atoms with Crippen molar-refractivity contribution in [1.82, 2.24) is 14.5 Å². The van der Waals surface area contributed by atoms with E-state index in [1.54, 1.807) is 12.3 Å². The van der Waals surface area contributed by atoms with Crippen molar-refractivity contribution in [3.63, 3.8) is 0 Å². The van der Waals surface area contributed by atoms with E-state index < -0.39 is 26.7 Å². The molecule has 2 aromatic rings. The second-order valence-electron chi connectivity index (χ2n) is 7.94. The van der Waals surface area contributed by atoms with E-state index in [9.17, 15) is 26.4 Å². The highest BCUT2D eigenvalue weighted by Crippen LogP contribution is 2.32. The zero-order chi connectivity index (χ0) is 23.5. The standard InChI is InChI=1S/C21H26F3N3O4S/c1-26(2)18(19-7-4-12-31-19)14-25-20(28)15-8-10-27(11-9-15)32(29,30)17-6-3-5-16(13-17)21(22,23)24/h3-7,12-13,15,18H,8-11,14H2,1-2H3,(H,25,28)/t18-/m0/s1. The maximum absolute atomic E-state index is 12.9. The lowest BCUT2D eigenvalue weighted by Crippen LogP contribution is -2.44. The van der Waals surface area contributed by atoms with Crippen LogP contribution in [-0.2, 0) is 21.0 Å². The summed E-state index contributed by atoms with van der Waals surface area (Å²) in [5.41, 5.74) is -1.01. The largest absolute Gasteiger partial charge is 0.468 e. The van der Waals surface area contributed by atoms with Gasteiger partial charge >= 0.3 is 6.18 Å². The van der Waals surface area contributed by atoms with Crippen LogP contribution in [0.2, 0.25) is 0 Å². The molecule has 1 amide bonds. The van der Waals surface area contributed by atoms with Crippen molar-refractivity contribution in [3.05, 3.63) is 54.0 Å². The van der Waals surface area contributed by atoms with E-state index in [1.165, 1.54) is 0 Å². The zero-order valence-electron chi connectivity index (χ0n) is 17.8. The third-order valence-corrected chi connectivity index (χ3v) is 7.48. The summed E-state index contributed by atoms with van der Waals surface area (Å²) in [5.74, 6) is 0.166. The van der Waals surface area contributed by atoms with Crippen LogP contribution in [0, 0.1) is 5.92 Å². The molecule has 1 N–H and O–H groups in total. The lowest BCUT2D eigenvalue weighted by molar-refractivity contribution is -0.137. The van der Waals surface area contributed by atoms with E-state index in [4.69, 9.17) is 4.42 Å². The van der Waals surface area contributed by atoms with Gasteiger partial charge in [0.1, 0.15) is 5.76 Å². The Bertz CT molecular complexity index is 1020. The van der Waals surface area contributed by atoms with Crippen LogP contribution in [0.3, 0.4) is 0 Å². The number of alkyl halides is 3. The van der Waals surface area contributed by atoms with Gasteiger partial charge < -0.3 is 9.73 Å². The van der Waals surface area contributed by atoms with Gasteiger partial charge in [-0.3, -0.25) is 9.69 Å². The van der Waals surface area contributed by atoms with Crippen molar-refractivity contribution in [3.8, 4) is 0 Å². The van der Waals surface area contributed by atoms with E-state index in [0.717, 1.165) is 28.3 Å². The van der Waals surface area contributed by atoms with Crippen LogP contribution < -0.4 is 5.32 Å². The highest BCUT2D eigenvalue weighted by atomic mass is 32.2. The summed E-state index contributed by atoms with van der Waals surface area (Å²) in [4.78, 5) is 14.1. The minimum absolute atomic E-state index is 0.0615. The van der Waals surface area contributed by atoms with E-state index >= 15 is 0 Å². The number of furan rings is 1. The maximum Gasteiger partial charge on any atom is 0.416 e. The molecule has 7 nitrogen and oxygen atoms in total. The topological polar surface area (TPSA) is 82.9 Å². The summed E-state index contributed by atoms with van der Waals surface area (Å²) >= 11 is 0. The molecule has 2 heterocycles. The summed E-state index contributed by atoms with van der Waals surface area (Å²) < 4.78 is 71.0. The number of hydrogen-bond acceptors (Lipinski definition) is 5. The molecule has 1 aromatic carbocycles. The number of benzene rings is 1. The van der Waals surface area contributed by atoms with Gasteiger partial charge in [0.05, 0.1) is 22.8 Å².